The Kier molecular flexibility index (Phi) is 7.04. The van der Waals surface area contributed by atoms with Crippen molar-refractivity contribution in [1.82, 2.24) is 10.3 Å². The number of alkyl halides is 6. The Morgan fingerprint density at radius 1 is 1.10 bits per heavy atom. The summed E-state index contributed by atoms with van der Waals surface area (Å²) < 4.78 is 81.6. The SMILES string of the molecule is O=C(O)[C@H]1CNCCN1c1nc(O)c(C(Cc2ccc(C(F)(F)F)cc2C(F)(F)F)=c2ccc3c(c2)C=NN=3)s1. The molecule has 210 valence electrons. The second kappa shape index (κ2) is 10.2. The van der Waals surface area contributed by atoms with Gasteiger partial charge in [0.1, 0.15) is 6.04 Å². The predicted octanol–water partition coefficient (Wildman–Crippen LogP) is 3.16. The molecule has 0 bridgehead atoms. The maximum atomic E-state index is 14.0. The summed E-state index contributed by atoms with van der Waals surface area (Å²) in [7, 11) is 0. The quantitative estimate of drug-likeness (QED) is 0.399. The Bertz CT molecular complexity index is 1630. The number of carboxylic acids is 1. The summed E-state index contributed by atoms with van der Waals surface area (Å²) in [4.78, 5) is 17.4. The number of nitrogens with one attached hydrogen (secondary N) is 1. The predicted molar refractivity (Wildman–Crippen MR) is 133 cm³/mol. The normalized spacial score (nSPS) is 17.9. The number of benzene rings is 2. The monoisotopic (exact) mass is 583 g/mol. The number of hydrogen-bond donors (Lipinski definition) is 3. The van der Waals surface area contributed by atoms with Crippen molar-refractivity contribution in [3.8, 4) is 5.88 Å². The highest BCUT2D eigenvalue weighted by molar-refractivity contribution is 7.17. The van der Waals surface area contributed by atoms with Gasteiger partial charge in [0.2, 0.25) is 5.88 Å². The van der Waals surface area contributed by atoms with Gasteiger partial charge in [0.15, 0.2) is 5.13 Å². The second-order valence-electron chi connectivity index (χ2n) is 9.04. The van der Waals surface area contributed by atoms with Crippen LogP contribution in [0.1, 0.15) is 27.1 Å². The Hall–Kier alpha value is -3.98. The Labute approximate surface area is 225 Å². The standard InChI is InChI=1S/C25H19F6N5O3S/c26-24(27,28)15-3-1-13(17(9-15)25(29,30)31)8-16(12-2-4-18-14(7-12)10-33-35-18)20-21(37)34-23(40-20)36-6-5-32-11-19(36)22(38)39/h1-4,7,9-10,19,32,37H,5-6,8,11H2,(H,38,39)/t19-/m1/s1. The number of thiazole rings is 1. The highest BCUT2D eigenvalue weighted by Crippen LogP contribution is 2.41. The molecule has 15 heteroatoms. The minimum absolute atomic E-state index is 0.0533. The van der Waals surface area contributed by atoms with Crippen molar-refractivity contribution in [1.29, 1.82) is 0 Å². The minimum atomic E-state index is -5.10. The first kappa shape index (κ1) is 27.6. The maximum Gasteiger partial charge on any atom is 0.416 e. The van der Waals surface area contributed by atoms with E-state index in [0.717, 1.165) is 17.4 Å². The number of halogens is 6. The van der Waals surface area contributed by atoms with E-state index in [1.54, 1.807) is 18.2 Å². The van der Waals surface area contributed by atoms with Crippen LogP contribution in [0.25, 0.3) is 5.57 Å². The van der Waals surface area contributed by atoms with Crippen molar-refractivity contribution in [3.63, 3.8) is 0 Å². The highest BCUT2D eigenvalue weighted by atomic mass is 32.1. The number of hydrogen-bond acceptors (Lipinski definition) is 8. The molecule has 0 aliphatic carbocycles. The van der Waals surface area contributed by atoms with Gasteiger partial charge in [-0.05, 0) is 40.6 Å². The number of anilines is 1. The molecule has 2 aliphatic heterocycles. The molecule has 5 rings (SSSR count). The largest absolute Gasteiger partial charge is 0.492 e. The van der Waals surface area contributed by atoms with Gasteiger partial charge in [0.25, 0.3) is 0 Å². The van der Waals surface area contributed by atoms with Gasteiger partial charge in [0.05, 0.1) is 27.6 Å². The van der Waals surface area contributed by atoms with Crippen LogP contribution in [0.2, 0.25) is 0 Å². The van der Waals surface area contributed by atoms with Gasteiger partial charge < -0.3 is 20.4 Å². The number of rotatable bonds is 5. The first-order valence-corrected chi connectivity index (χ1v) is 12.6. The van der Waals surface area contributed by atoms with Gasteiger partial charge >= 0.3 is 18.3 Å². The van der Waals surface area contributed by atoms with Gasteiger partial charge in [-0.2, -0.15) is 41.5 Å². The van der Waals surface area contributed by atoms with Gasteiger partial charge in [-0.3, -0.25) is 0 Å². The summed E-state index contributed by atoms with van der Waals surface area (Å²) >= 11 is 0.882. The zero-order valence-corrected chi connectivity index (χ0v) is 21.0. The molecule has 0 saturated carbocycles. The van der Waals surface area contributed by atoms with E-state index in [1.165, 1.54) is 11.1 Å². The summed E-state index contributed by atoms with van der Waals surface area (Å²) in [6.45, 7) is 0.784. The van der Waals surface area contributed by atoms with Crippen LogP contribution in [0, 0.1) is 0 Å². The van der Waals surface area contributed by atoms with Gasteiger partial charge in [-0.1, -0.05) is 23.5 Å². The summed E-state index contributed by atoms with van der Waals surface area (Å²) in [5.74, 6) is -1.68. The molecular weight excluding hydrogens is 564 g/mol. The third-order valence-electron chi connectivity index (χ3n) is 6.49. The molecule has 8 nitrogen and oxygen atoms in total. The van der Waals surface area contributed by atoms with E-state index < -0.39 is 53.4 Å². The lowest BCUT2D eigenvalue weighted by atomic mass is 9.94. The van der Waals surface area contributed by atoms with Crippen molar-refractivity contribution in [2.75, 3.05) is 24.5 Å². The zero-order chi connectivity index (χ0) is 28.8. The lowest BCUT2D eigenvalue weighted by Crippen LogP contribution is -2.55. The molecule has 3 N–H and O–H groups in total. The number of aromatic nitrogens is 1. The number of nitrogens with zero attached hydrogens (tertiary/aromatic N) is 4. The molecule has 1 fully saturated rings. The summed E-state index contributed by atoms with van der Waals surface area (Å²) in [5.41, 5.74) is -2.65. The Balaban J connectivity index is 1.68. The van der Waals surface area contributed by atoms with E-state index in [0.29, 0.717) is 28.8 Å². The molecule has 3 heterocycles. The lowest BCUT2D eigenvalue weighted by Gasteiger charge is -2.33. The fourth-order valence-corrected chi connectivity index (χ4v) is 5.64. The van der Waals surface area contributed by atoms with Crippen LogP contribution in [0.15, 0.2) is 46.6 Å². The minimum Gasteiger partial charge on any atom is -0.492 e. The third-order valence-corrected chi connectivity index (χ3v) is 7.64. The van der Waals surface area contributed by atoms with Crippen LogP contribution in [0.3, 0.4) is 0 Å². The fraction of sp³-hybridized carbons (Fsp3) is 0.280. The van der Waals surface area contributed by atoms with Crippen molar-refractivity contribution in [3.05, 3.63) is 74.1 Å². The molecular formula is C25H19F6N5O3S. The van der Waals surface area contributed by atoms with E-state index in [1.807, 2.05) is 0 Å². The van der Waals surface area contributed by atoms with Gasteiger partial charge in [0, 0.05) is 31.6 Å². The Morgan fingerprint density at radius 3 is 2.58 bits per heavy atom. The van der Waals surface area contributed by atoms with E-state index in [9.17, 15) is 41.4 Å². The molecule has 2 aliphatic rings. The van der Waals surface area contributed by atoms with Gasteiger partial charge in [-0.15, -0.1) is 0 Å². The molecule has 1 atom stereocenters. The van der Waals surface area contributed by atoms with Crippen LogP contribution >= 0.6 is 11.3 Å². The van der Waals surface area contributed by atoms with Crippen LogP contribution < -0.4 is 20.8 Å². The average molecular weight is 584 g/mol. The molecule has 0 radical (unpaired) electrons. The number of aromatic hydroxyl groups is 1. The molecule has 0 spiro atoms. The van der Waals surface area contributed by atoms with E-state index in [2.05, 4.69) is 20.5 Å². The molecule has 40 heavy (non-hydrogen) atoms. The van der Waals surface area contributed by atoms with Crippen LogP contribution in [-0.2, 0) is 23.6 Å². The van der Waals surface area contributed by atoms with E-state index in [-0.39, 0.29) is 34.7 Å². The molecule has 0 amide bonds. The van der Waals surface area contributed by atoms with Crippen molar-refractivity contribution in [2.24, 2.45) is 10.2 Å². The number of piperazine rings is 1. The first-order valence-electron chi connectivity index (χ1n) is 11.7. The smallest absolute Gasteiger partial charge is 0.416 e. The van der Waals surface area contributed by atoms with Crippen molar-refractivity contribution >= 4 is 34.2 Å². The molecule has 1 saturated heterocycles. The Morgan fingerprint density at radius 2 is 1.88 bits per heavy atom. The topological polar surface area (TPSA) is 110 Å². The van der Waals surface area contributed by atoms with E-state index >= 15 is 0 Å². The fourth-order valence-electron chi connectivity index (χ4n) is 4.54. The molecule has 3 aromatic rings. The number of fused-ring (bicyclic) bond motifs is 1. The number of aliphatic carboxylic acids is 1. The number of carboxylic acid groups (broad SMARTS) is 1. The average Bonchev–Trinajstić information content (AvgIpc) is 3.52. The van der Waals surface area contributed by atoms with Crippen LogP contribution in [0.4, 0.5) is 31.5 Å². The number of carbonyl (C=O) groups is 1. The third kappa shape index (κ3) is 5.38. The molecule has 0 unspecified atom stereocenters. The lowest BCUT2D eigenvalue weighted by molar-refractivity contribution is -0.143. The van der Waals surface area contributed by atoms with E-state index in [4.69, 9.17) is 0 Å². The van der Waals surface area contributed by atoms with Crippen LogP contribution in [0.5, 0.6) is 5.88 Å². The first-order chi connectivity index (χ1) is 18.8. The van der Waals surface area contributed by atoms with Crippen molar-refractivity contribution < 1.29 is 41.4 Å². The second-order valence-corrected chi connectivity index (χ2v) is 10.0. The van der Waals surface area contributed by atoms with Gasteiger partial charge in [-0.25, -0.2) is 4.79 Å². The van der Waals surface area contributed by atoms with Crippen LogP contribution in [-0.4, -0.2) is 53.1 Å². The zero-order valence-electron chi connectivity index (χ0n) is 20.2. The molecule has 2 aromatic carbocycles. The summed E-state index contributed by atoms with van der Waals surface area (Å²) in [5, 5.41) is 32.2. The highest BCUT2D eigenvalue weighted by Gasteiger charge is 2.38. The maximum absolute atomic E-state index is 14.0. The summed E-state index contributed by atoms with van der Waals surface area (Å²) in [6.07, 6.45) is -9.16. The summed E-state index contributed by atoms with van der Waals surface area (Å²) in [6, 6.07) is 5.12. The van der Waals surface area contributed by atoms with Crippen molar-refractivity contribution in [2.45, 2.75) is 24.8 Å². The molecule has 1 aromatic heterocycles.